The molecule has 0 aromatic carbocycles. The van der Waals surface area contributed by atoms with Crippen LogP contribution in [0.2, 0.25) is 0 Å². The van der Waals surface area contributed by atoms with Crippen molar-refractivity contribution in [3.05, 3.63) is 0 Å². The Balaban J connectivity index is 2.80. The Morgan fingerprint density at radius 2 is 2.50 bits per heavy atom. The maximum absolute atomic E-state index is 10.6. The zero-order chi connectivity index (χ0) is 7.78. The van der Waals surface area contributed by atoms with Gasteiger partial charge in [0.25, 0.3) is 0 Å². The van der Waals surface area contributed by atoms with E-state index in [1.54, 1.807) is 20.2 Å². The van der Waals surface area contributed by atoms with Gasteiger partial charge in [-0.25, -0.2) is 4.79 Å². The van der Waals surface area contributed by atoms with E-state index in [2.05, 4.69) is 5.10 Å². The van der Waals surface area contributed by atoms with E-state index in [1.165, 1.54) is 5.01 Å². The molecule has 1 unspecified atom stereocenters. The third-order valence-corrected chi connectivity index (χ3v) is 1.92. The zero-order valence-electron chi connectivity index (χ0n) is 6.03. The minimum atomic E-state index is -0.826. The maximum Gasteiger partial charge on any atom is 0.331 e. The molecule has 4 nitrogen and oxygen atoms in total. The summed E-state index contributed by atoms with van der Waals surface area (Å²) in [5, 5.41) is 14.0. The zero-order valence-corrected chi connectivity index (χ0v) is 6.03. The van der Waals surface area contributed by atoms with Gasteiger partial charge in [0.15, 0.2) is 5.54 Å². The number of hydrogen-bond donors (Lipinski definition) is 1. The highest BCUT2D eigenvalue weighted by Crippen LogP contribution is 2.21. The van der Waals surface area contributed by atoms with Gasteiger partial charge in [0.05, 0.1) is 0 Å². The van der Waals surface area contributed by atoms with Crippen molar-refractivity contribution in [1.29, 1.82) is 0 Å². The van der Waals surface area contributed by atoms with E-state index in [0.717, 1.165) is 0 Å². The Hall–Kier alpha value is -1.06. The quantitative estimate of drug-likeness (QED) is 0.567. The summed E-state index contributed by atoms with van der Waals surface area (Å²) in [4.78, 5) is 10.6. The van der Waals surface area contributed by atoms with Crippen molar-refractivity contribution < 1.29 is 9.90 Å². The molecule has 0 aromatic heterocycles. The van der Waals surface area contributed by atoms with Gasteiger partial charge in [0.2, 0.25) is 0 Å². The summed E-state index contributed by atoms with van der Waals surface area (Å²) in [6.45, 7) is 1.66. The van der Waals surface area contributed by atoms with Crippen LogP contribution in [0.5, 0.6) is 0 Å². The van der Waals surface area contributed by atoms with Crippen LogP contribution in [-0.4, -0.2) is 34.9 Å². The molecule has 1 heterocycles. The summed E-state index contributed by atoms with van der Waals surface area (Å²) in [5.74, 6) is -0.826. The van der Waals surface area contributed by atoms with Crippen molar-refractivity contribution in [2.75, 3.05) is 7.05 Å². The second kappa shape index (κ2) is 1.97. The average molecular weight is 142 g/mol. The summed E-state index contributed by atoms with van der Waals surface area (Å²) in [6, 6.07) is 0. The molecular formula is C6H10N2O2. The van der Waals surface area contributed by atoms with Gasteiger partial charge in [-0.05, 0) is 6.92 Å². The number of likely N-dealkylation sites (N-methyl/N-ethyl adjacent to an activating group) is 1. The second-order valence-electron chi connectivity index (χ2n) is 2.60. The lowest BCUT2D eigenvalue weighted by Crippen LogP contribution is -2.44. The molecule has 0 radical (unpaired) electrons. The van der Waals surface area contributed by atoms with Gasteiger partial charge in [-0.15, -0.1) is 0 Å². The van der Waals surface area contributed by atoms with Gasteiger partial charge < -0.3 is 5.11 Å². The molecular weight excluding hydrogens is 132 g/mol. The molecule has 0 spiro atoms. The molecule has 0 bridgehead atoms. The van der Waals surface area contributed by atoms with Crippen LogP contribution in [-0.2, 0) is 4.79 Å². The topological polar surface area (TPSA) is 52.9 Å². The summed E-state index contributed by atoms with van der Waals surface area (Å²) < 4.78 is 0. The number of carboxylic acid groups (broad SMARTS) is 1. The van der Waals surface area contributed by atoms with Crippen LogP contribution in [0.1, 0.15) is 13.3 Å². The molecule has 0 saturated heterocycles. The van der Waals surface area contributed by atoms with E-state index in [-0.39, 0.29) is 0 Å². The minimum absolute atomic E-state index is 0.485. The molecule has 1 rings (SSSR count). The summed E-state index contributed by atoms with van der Waals surface area (Å²) in [7, 11) is 1.66. The third-order valence-electron chi connectivity index (χ3n) is 1.92. The van der Waals surface area contributed by atoms with Crippen molar-refractivity contribution in [2.24, 2.45) is 5.10 Å². The van der Waals surface area contributed by atoms with Gasteiger partial charge >= 0.3 is 5.97 Å². The summed E-state index contributed by atoms with van der Waals surface area (Å²) in [5.41, 5.74) is -0.819. The van der Waals surface area contributed by atoms with Crippen molar-refractivity contribution in [2.45, 2.75) is 18.9 Å². The molecule has 1 atom stereocenters. The molecule has 0 aromatic rings. The van der Waals surface area contributed by atoms with Crippen LogP contribution in [0.4, 0.5) is 0 Å². The van der Waals surface area contributed by atoms with Crippen molar-refractivity contribution in [1.82, 2.24) is 5.01 Å². The molecule has 1 aliphatic heterocycles. The Labute approximate surface area is 59.1 Å². The largest absolute Gasteiger partial charge is 0.479 e. The Bertz CT molecular complexity index is 190. The fourth-order valence-electron chi connectivity index (χ4n) is 0.826. The number of carbonyl (C=O) groups is 1. The number of rotatable bonds is 1. The molecule has 1 N–H and O–H groups in total. The summed E-state index contributed by atoms with van der Waals surface area (Å²) >= 11 is 0. The standard InChI is InChI=1S/C6H10N2O2/c1-6(5(9)10)3-4-7-8(6)2/h4H,3H2,1-2H3,(H,9,10). The maximum atomic E-state index is 10.6. The fraction of sp³-hybridized carbons (Fsp3) is 0.667. The van der Waals surface area contributed by atoms with E-state index in [4.69, 9.17) is 5.11 Å². The number of hydrazone groups is 1. The number of hydrogen-bond acceptors (Lipinski definition) is 3. The van der Waals surface area contributed by atoms with E-state index in [9.17, 15) is 4.79 Å². The normalized spacial score (nSPS) is 31.2. The van der Waals surface area contributed by atoms with E-state index < -0.39 is 11.5 Å². The monoisotopic (exact) mass is 142 g/mol. The van der Waals surface area contributed by atoms with E-state index in [0.29, 0.717) is 6.42 Å². The average Bonchev–Trinajstić information content (AvgIpc) is 2.15. The Morgan fingerprint density at radius 3 is 2.70 bits per heavy atom. The van der Waals surface area contributed by atoms with Crippen LogP contribution >= 0.6 is 0 Å². The van der Waals surface area contributed by atoms with Crippen LogP contribution in [0, 0.1) is 0 Å². The van der Waals surface area contributed by atoms with Crippen LogP contribution in [0.15, 0.2) is 5.10 Å². The first-order valence-corrected chi connectivity index (χ1v) is 3.07. The predicted octanol–water partition coefficient (Wildman–Crippen LogP) is 0.151. The lowest BCUT2D eigenvalue weighted by molar-refractivity contribution is -0.148. The van der Waals surface area contributed by atoms with Crippen molar-refractivity contribution in [3.8, 4) is 0 Å². The molecule has 4 heteroatoms. The lowest BCUT2D eigenvalue weighted by Gasteiger charge is -2.25. The number of carboxylic acids is 1. The third kappa shape index (κ3) is 0.761. The molecule has 0 amide bonds. The van der Waals surface area contributed by atoms with Crippen LogP contribution in [0.3, 0.4) is 0 Å². The second-order valence-corrected chi connectivity index (χ2v) is 2.60. The lowest BCUT2D eigenvalue weighted by atomic mass is 10.0. The SMILES string of the molecule is CN1N=CCC1(C)C(=O)O. The smallest absolute Gasteiger partial charge is 0.331 e. The fourth-order valence-corrected chi connectivity index (χ4v) is 0.826. The first kappa shape index (κ1) is 7.05. The van der Waals surface area contributed by atoms with Gasteiger partial charge in [0, 0.05) is 19.7 Å². The van der Waals surface area contributed by atoms with Crippen molar-refractivity contribution in [3.63, 3.8) is 0 Å². The van der Waals surface area contributed by atoms with E-state index >= 15 is 0 Å². The molecule has 10 heavy (non-hydrogen) atoms. The molecule has 56 valence electrons. The highest BCUT2D eigenvalue weighted by Gasteiger charge is 2.39. The minimum Gasteiger partial charge on any atom is -0.479 e. The molecule has 0 saturated carbocycles. The predicted molar refractivity (Wildman–Crippen MR) is 36.9 cm³/mol. The number of nitrogens with zero attached hydrogens (tertiary/aromatic N) is 2. The molecule has 0 fully saturated rings. The first-order valence-electron chi connectivity index (χ1n) is 3.07. The Morgan fingerprint density at radius 1 is 1.90 bits per heavy atom. The van der Waals surface area contributed by atoms with Gasteiger partial charge in [-0.2, -0.15) is 5.10 Å². The molecule has 1 aliphatic rings. The van der Waals surface area contributed by atoms with Gasteiger partial charge in [0.1, 0.15) is 0 Å². The number of aliphatic carboxylic acids is 1. The molecule has 0 aliphatic carbocycles. The van der Waals surface area contributed by atoms with Crippen LogP contribution < -0.4 is 0 Å². The highest BCUT2D eigenvalue weighted by atomic mass is 16.4. The van der Waals surface area contributed by atoms with Crippen LogP contribution in [0.25, 0.3) is 0 Å². The Kier molecular flexibility index (Phi) is 1.39. The summed E-state index contributed by atoms with van der Waals surface area (Å²) in [6.07, 6.45) is 2.10. The highest BCUT2D eigenvalue weighted by molar-refractivity contribution is 5.84. The van der Waals surface area contributed by atoms with Gasteiger partial charge in [-0.1, -0.05) is 0 Å². The first-order chi connectivity index (χ1) is 4.57. The van der Waals surface area contributed by atoms with Crippen molar-refractivity contribution >= 4 is 12.2 Å². The van der Waals surface area contributed by atoms with Gasteiger partial charge in [-0.3, -0.25) is 5.01 Å². The van der Waals surface area contributed by atoms with E-state index in [1.807, 2.05) is 0 Å².